The molecule has 0 radical (unpaired) electrons. The highest BCUT2D eigenvalue weighted by Gasteiger charge is 2.12. The largest absolute Gasteiger partial charge is 0.399 e. The molecule has 0 heterocycles. The molecule has 0 aliphatic rings. The average Bonchev–Trinajstić information content (AvgIpc) is 2.55. The number of carbonyl (C=O) groups excluding carboxylic acids is 1. The van der Waals surface area contributed by atoms with E-state index in [1.165, 1.54) is 12.3 Å². The Bertz CT molecular complexity index is 781. The van der Waals surface area contributed by atoms with Crippen LogP contribution in [0, 0.1) is 11.3 Å². The zero-order valence-electron chi connectivity index (χ0n) is 12.5. The van der Waals surface area contributed by atoms with Crippen LogP contribution in [0.5, 0.6) is 0 Å². The van der Waals surface area contributed by atoms with Crippen molar-refractivity contribution in [2.75, 3.05) is 23.0 Å². The number of benzene rings is 2. The molecule has 0 spiro atoms. The molecule has 0 aliphatic carbocycles. The Kier molecular flexibility index (Phi) is 5.23. The summed E-state index contributed by atoms with van der Waals surface area (Å²) in [6.45, 7) is 0. The summed E-state index contributed by atoms with van der Waals surface area (Å²) in [5, 5.41) is 12.1. The molecule has 0 saturated carbocycles. The zero-order valence-corrected chi connectivity index (χ0v) is 13.2. The van der Waals surface area contributed by atoms with E-state index in [-0.39, 0.29) is 5.57 Å². The first-order chi connectivity index (χ1) is 11.0. The van der Waals surface area contributed by atoms with E-state index in [1.807, 2.05) is 36.4 Å². The maximum atomic E-state index is 12.2. The van der Waals surface area contributed by atoms with Crippen molar-refractivity contribution in [3.05, 3.63) is 65.3 Å². The maximum Gasteiger partial charge on any atom is 0.267 e. The summed E-state index contributed by atoms with van der Waals surface area (Å²) in [5.41, 5.74) is 7.32. The first kappa shape index (κ1) is 16.4. The highest BCUT2D eigenvalue weighted by molar-refractivity contribution is 6.34. The van der Waals surface area contributed by atoms with E-state index in [0.717, 1.165) is 5.69 Å². The third-order valence-corrected chi connectivity index (χ3v) is 3.41. The molecule has 0 aromatic heterocycles. The van der Waals surface area contributed by atoms with Crippen LogP contribution in [-0.2, 0) is 4.79 Å². The van der Waals surface area contributed by atoms with Gasteiger partial charge in [0, 0.05) is 24.6 Å². The van der Waals surface area contributed by atoms with Crippen molar-refractivity contribution in [1.82, 2.24) is 0 Å². The number of amides is 1. The van der Waals surface area contributed by atoms with Crippen LogP contribution in [0.2, 0.25) is 5.02 Å². The third kappa shape index (κ3) is 4.25. The number of nitrogens with one attached hydrogen (secondary N) is 1. The SMILES string of the molecule is CN(/C=C(/C#N)C(=O)Nc1ccc(N)cc1Cl)c1ccccc1. The second-order valence-corrected chi connectivity index (χ2v) is 5.20. The molecule has 0 bridgehead atoms. The van der Waals surface area contributed by atoms with Gasteiger partial charge in [-0.25, -0.2) is 0 Å². The third-order valence-electron chi connectivity index (χ3n) is 3.09. The molecule has 2 rings (SSSR count). The molecule has 0 fully saturated rings. The van der Waals surface area contributed by atoms with Crippen LogP contribution >= 0.6 is 11.6 Å². The molecule has 0 saturated heterocycles. The summed E-state index contributed by atoms with van der Waals surface area (Å²) in [5.74, 6) is -0.540. The van der Waals surface area contributed by atoms with Gasteiger partial charge in [0.25, 0.3) is 5.91 Å². The van der Waals surface area contributed by atoms with Crippen molar-refractivity contribution >= 4 is 34.6 Å². The van der Waals surface area contributed by atoms with Gasteiger partial charge in [0.15, 0.2) is 0 Å². The van der Waals surface area contributed by atoms with Crippen LogP contribution < -0.4 is 16.0 Å². The van der Waals surface area contributed by atoms with Crippen LogP contribution in [0.25, 0.3) is 0 Å². The highest BCUT2D eigenvalue weighted by atomic mass is 35.5. The maximum absolute atomic E-state index is 12.2. The minimum atomic E-state index is -0.540. The number of nitrogens with zero attached hydrogens (tertiary/aromatic N) is 2. The van der Waals surface area contributed by atoms with E-state index >= 15 is 0 Å². The number of rotatable bonds is 4. The van der Waals surface area contributed by atoms with Gasteiger partial charge >= 0.3 is 0 Å². The fourth-order valence-corrected chi connectivity index (χ4v) is 2.13. The minimum absolute atomic E-state index is 0.0377. The molecule has 5 nitrogen and oxygen atoms in total. The average molecular weight is 327 g/mol. The standard InChI is InChI=1S/C17H15ClN4O/c1-22(14-5-3-2-4-6-14)11-12(10-19)17(23)21-16-8-7-13(20)9-15(16)18/h2-9,11H,20H2,1H3,(H,21,23)/b12-11-. The van der Waals surface area contributed by atoms with Gasteiger partial charge in [-0.3, -0.25) is 4.79 Å². The van der Waals surface area contributed by atoms with Crippen molar-refractivity contribution in [3.8, 4) is 6.07 Å². The molecular weight excluding hydrogens is 312 g/mol. The van der Waals surface area contributed by atoms with Gasteiger partial charge in [0.05, 0.1) is 10.7 Å². The van der Waals surface area contributed by atoms with Crippen molar-refractivity contribution in [1.29, 1.82) is 5.26 Å². The van der Waals surface area contributed by atoms with Crippen molar-refractivity contribution in [2.45, 2.75) is 0 Å². The van der Waals surface area contributed by atoms with Crippen molar-refractivity contribution in [2.24, 2.45) is 0 Å². The van der Waals surface area contributed by atoms with Crippen molar-refractivity contribution < 1.29 is 4.79 Å². The lowest BCUT2D eigenvalue weighted by atomic mass is 10.2. The fourth-order valence-electron chi connectivity index (χ4n) is 1.89. The molecule has 23 heavy (non-hydrogen) atoms. The summed E-state index contributed by atoms with van der Waals surface area (Å²) in [6.07, 6.45) is 1.47. The second kappa shape index (κ2) is 7.34. The van der Waals surface area contributed by atoms with Crippen LogP contribution in [0.3, 0.4) is 0 Å². The number of carbonyl (C=O) groups is 1. The van der Waals surface area contributed by atoms with Gasteiger partial charge in [0.2, 0.25) is 0 Å². The number of hydrogen-bond donors (Lipinski definition) is 2. The summed E-state index contributed by atoms with van der Waals surface area (Å²) in [7, 11) is 1.76. The number of nitrogens with two attached hydrogens (primary N) is 1. The van der Waals surface area contributed by atoms with E-state index in [2.05, 4.69) is 5.32 Å². The molecule has 116 valence electrons. The lowest BCUT2D eigenvalue weighted by molar-refractivity contribution is -0.112. The zero-order chi connectivity index (χ0) is 16.8. The number of para-hydroxylation sites is 1. The van der Waals surface area contributed by atoms with Gasteiger partial charge in [-0.2, -0.15) is 5.26 Å². The van der Waals surface area contributed by atoms with E-state index in [1.54, 1.807) is 24.1 Å². The number of nitriles is 1. The van der Waals surface area contributed by atoms with Crippen LogP contribution in [0.4, 0.5) is 17.1 Å². The van der Waals surface area contributed by atoms with E-state index < -0.39 is 5.91 Å². The van der Waals surface area contributed by atoms with Crippen molar-refractivity contribution in [3.63, 3.8) is 0 Å². The van der Waals surface area contributed by atoms with Crippen LogP contribution in [-0.4, -0.2) is 13.0 Å². The molecule has 3 N–H and O–H groups in total. The monoisotopic (exact) mass is 326 g/mol. The first-order valence-electron chi connectivity index (χ1n) is 6.77. The number of hydrogen-bond acceptors (Lipinski definition) is 4. The number of halogens is 1. The highest BCUT2D eigenvalue weighted by Crippen LogP contribution is 2.24. The predicted molar refractivity (Wildman–Crippen MR) is 93.0 cm³/mol. The summed E-state index contributed by atoms with van der Waals surface area (Å²) >= 11 is 6.02. The molecule has 0 aliphatic heterocycles. The van der Waals surface area contributed by atoms with Gasteiger partial charge in [-0.05, 0) is 30.3 Å². The lowest BCUT2D eigenvalue weighted by Gasteiger charge is -2.15. The van der Waals surface area contributed by atoms with Gasteiger partial charge in [-0.1, -0.05) is 29.8 Å². The summed E-state index contributed by atoms with van der Waals surface area (Å²) < 4.78 is 0. The quantitative estimate of drug-likeness (QED) is 0.512. The Hall–Kier alpha value is -2.97. The topological polar surface area (TPSA) is 82.2 Å². The Labute approximate surface area is 139 Å². The Morgan fingerprint density at radius 1 is 1.30 bits per heavy atom. The summed E-state index contributed by atoms with van der Waals surface area (Å²) in [4.78, 5) is 13.9. The van der Waals surface area contributed by atoms with Crippen LogP contribution in [0.15, 0.2) is 60.3 Å². The van der Waals surface area contributed by atoms with Gasteiger partial charge in [0.1, 0.15) is 11.6 Å². The molecule has 6 heteroatoms. The van der Waals surface area contributed by atoms with E-state index in [9.17, 15) is 10.1 Å². The Morgan fingerprint density at radius 3 is 2.61 bits per heavy atom. The Balaban J connectivity index is 2.18. The molecule has 2 aromatic rings. The minimum Gasteiger partial charge on any atom is -0.399 e. The number of anilines is 3. The summed E-state index contributed by atoms with van der Waals surface area (Å²) in [6, 6.07) is 16.0. The smallest absolute Gasteiger partial charge is 0.267 e. The molecular formula is C17H15ClN4O. The molecule has 0 atom stereocenters. The number of nitrogen functional groups attached to an aromatic ring is 1. The van der Waals surface area contributed by atoms with Crippen LogP contribution in [0.1, 0.15) is 0 Å². The van der Waals surface area contributed by atoms with E-state index in [0.29, 0.717) is 16.4 Å². The first-order valence-corrected chi connectivity index (χ1v) is 7.15. The molecule has 2 aromatic carbocycles. The molecule has 0 unspecified atom stereocenters. The second-order valence-electron chi connectivity index (χ2n) is 4.79. The predicted octanol–water partition coefficient (Wildman–Crippen LogP) is 3.40. The van der Waals surface area contributed by atoms with E-state index in [4.69, 9.17) is 17.3 Å². The Morgan fingerprint density at radius 2 is 2.00 bits per heavy atom. The molecule has 1 amide bonds. The fraction of sp³-hybridized carbons (Fsp3) is 0.0588. The van der Waals surface area contributed by atoms with Gasteiger partial charge < -0.3 is 16.0 Å². The lowest BCUT2D eigenvalue weighted by Crippen LogP contribution is -2.18. The van der Waals surface area contributed by atoms with Gasteiger partial charge in [-0.15, -0.1) is 0 Å². The normalized spacial score (nSPS) is 10.7.